The highest BCUT2D eigenvalue weighted by atomic mass is 32.1. The van der Waals surface area contributed by atoms with Crippen LogP contribution >= 0.6 is 11.3 Å². The number of fused-ring (bicyclic) bond motifs is 3. The lowest BCUT2D eigenvalue weighted by molar-refractivity contribution is 1.51. The summed E-state index contributed by atoms with van der Waals surface area (Å²) in [5, 5.41) is 11.1. The van der Waals surface area contributed by atoms with Gasteiger partial charge in [-0.25, -0.2) is 0 Å². The van der Waals surface area contributed by atoms with Crippen LogP contribution in [0.5, 0.6) is 0 Å². The zero-order valence-electron chi connectivity index (χ0n) is 8.40. The molecule has 0 amide bonds. The highest BCUT2D eigenvalue weighted by Crippen LogP contribution is 2.38. The van der Waals surface area contributed by atoms with E-state index in [9.17, 15) is 0 Å². The molecule has 0 atom stereocenters. The molecule has 0 aliphatic heterocycles. The minimum absolute atomic E-state index is 0.696. The lowest BCUT2D eigenvalue weighted by Crippen LogP contribution is -1.85. The largest absolute Gasteiger partial charge is 0.398 e. The fourth-order valence-electron chi connectivity index (χ4n) is 1.99. The average Bonchev–Trinajstić information content (AvgIpc) is 2.68. The Bertz CT molecular complexity index is 735. The standard InChI is InChI=1S/C13H8N2S/c14-7-8-3-1-5-10-12(8)13-9(15)4-2-6-11(13)16-10/h1-6H,15H2. The van der Waals surface area contributed by atoms with E-state index >= 15 is 0 Å². The molecule has 0 unspecified atom stereocenters. The minimum Gasteiger partial charge on any atom is -0.398 e. The molecule has 3 aromatic rings. The third-order valence-electron chi connectivity index (χ3n) is 2.68. The van der Waals surface area contributed by atoms with Crippen LogP contribution < -0.4 is 5.73 Å². The minimum atomic E-state index is 0.696. The van der Waals surface area contributed by atoms with Crippen molar-refractivity contribution < 1.29 is 0 Å². The highest BCUT2D eigenvalue weighted by molar-refractivity contribution is 7.26. The maximum Gasteiger partial charge on any atom is 0.0998 e. The Balaban J connectivity index is 2.67. The Hall–Kier alpha value is -2.05. The molecule has 1 aromatic heterocycles. The van der Waals surface area contributed by atoms with Crippen LogP contribution in [0.1, 0.15) is 5.56 Å². The number of benzene rings is 2. The van der Waals surface area contributed by atoms with Gasteiger partial charge in [0, 0.05) is 25.9 Å². The fraction of sp³-hybridized carbons (Fsp3) is 0. The summed E-state index contributed by atoms with van der Waals surface area (Å²) in [5.41, 5.74) is 7.43. The molecule has 0 spiro atoms. The Morgan fingerprint density at radius 1 is 1.00 bits per heavy atom. The van der Waals surface area contributed by atoms with E-state index < -0.39 is 0 Å². The summed E-state index contributed by atoms with van der Waals surface area (Å²) in [4.78, 5) is 0. The van der Waals surface area contributed by atoms with Gasteiger partial charge in [0.15, 0.2) is 0 Å². The van der Waals surface area contributed by atoms with Gasteiger partial charge in [-0.1, -0.05) is 12.1 Å². The molecule has 3 heteroatoms. The molecule has 0 saturated carbocycles. The Morgan fingerprint density at radius 2 is 1.69 bits per heavy atom. The third-order valence-corrected chi connectivity index (χ3v) is 3.80. The SMILES string of the molecule is N#Cc1cccc2sc3cccc(N)c3c12. The van der Waals surface area contributed by atoms with Gasteiger partial charge in [-0.2, -0.15) is 5.26 Å². The lowest BCUT2D eigenvalue weighted by Gasteiger charge is -1.97. The Kier molecular flexibility index (Phi) is 1.85. The van der Waals surface area contributed by atoms with Gasteiger partial charge >= 0.3 is 0 Å². The summed E-state index contributed by atoms with van der Waals surface area (Å²) < 4.78 is 2.25. The van der Waals surface area contributed by atoms with Crippen LogP contribution in [0.4, 0.5) is 5.69 Å². The highest BCUT2D eigenvalue weighted by Gasteiger charge is 2.10. The van der Waals surface area contributed by atoms with Crippen molar-refractivity contribution in [3.05, 3.63) is 42.0 Å². The molecule has 16 heavy (non-hydrogen) atoms. The van der Waals surface area contributed by atoms with E-state index in [2.05, 4.69) is 6.07 Å². The number of hydrogen-bond donors (Lipinski definition) is 1. The summed E-state index contributed by atoms with van der Waals surface area (Å²) in [5.74, 6) is 0. The first-order valence-electron chi connectivity index (χ1n) is 4.91. The second-order valence-corrected chi connectivity index (χ2v) is 4.70. The van der Waals surface area contributed by atoms with Crippen LogP contribution in [-0.2, 0) is 0 Å². The van der Waals surface area contributed by atoms with E-state index in [1.165, 1.54) is 0 Å². The van der Waals surface area contributed by atoms with Crippen molar-refractivity contribution in [1.29, 1.82) is 5.26 Å². The van der Waals surface area contributed by atoms with Crippen LogP contribution in [0.15, 0.2) is 36.4 Å². The summed E-state index contributed by atoms with van der Waals surface area (Å²) in [6.07, 6.45) is 0. The molecular weight excluding hydrogens is 216 g/mol. The van der Waals surface area contributed by atoms with Gasteiger partial charge in [-0.15, -0.1) is 11.3 Å². The monoisotopic (exact) mass is 224 g/mol. The fourth-order valence-corrected chi connectivity index (χ4v) is 3.15. The average molecular weight is 224 g/mol. The molecular formula is C13H8N2S. The van der Waals surface area contributed by atoms with Crippen LogP contribution in [0.3, 0.4) is 0 Å². The number of nitriles is 1. The summed E-state index contributed by atoms with van der Waals surface area (Å²) in [6, 6.07) is 13.9. The molecule has 0 bridgehead atoms. The molecule has 0 saturated heterocycles. The van der Waals surface area contributed by atoms with Gasteiger partial charge in [0.2, 0.25) is 0 Å². The van der Waals surface area contributed by atoms with Gasteiger partial charge in [-0.3, -0.25) is 0 Å². The number of nitrogens with two attached hydrogens (primary N) is 1. The lowest BCUT2D eigenvalue weighted by atomic mass is 10.1. The van der Waals surface area contributed by atoms with Crippen LogP contribution in [0.2, 0.25) is 0 Å². The Labute approximate surface area is 96.5 Å². The predicted octanol–water partition coefficient (Wildman–Crippen LogP) is 3.51. The number of nitrogens with zero attached hydrogens (tertiary/aromatic N) is 1. The van der Waals surface area contributed by atoms with Gasteiger partial charge in [0.1, 0.15) is 0 Å². The second kappa shape index (κ2) is 3.22. The first-order chi connectivity index (χ1) is 7.81. The van der Waals surface area contributed by atoms with Crippen LogP contribution in [0, 0.1) is 11.3 Å². The maximum atomic E-state index is 9.12. The molecule has 2 aromatic carbocycles. The number of thiophene rings is 1. The van der Waals surface area contributed by atoms with E-state index in [0.29, 0.717) is 5.56 Å². The molecule has 0 aliphatic carbocycles. The van der Waals surface area contributed by atoms with Crippen molar-refractivity contribution in [3.8, 4) is 6.07 Å². The van der Waals surface area contributed by atoms with E-state index in [-0.39, 0.29) is 0 Å². The Morgan fingerprint density at radius 3 is 2.44 bits per heavy atom. The van der Waals surface area contributed by atoms with E-state index in [1.54, 1.807) is 11.3 Å². The number of anilines is 1. The van der Waals surface area contributed by atoms with Crippen molar-refractivity contribution >= 4 is 37.2 Å². The second-order valence-electron chi connectivity index (χ2n) is 3.61. The first kappa shape index (κ1) is 9.20. The summed E-state index contributed by atoms with van der Waals surface area (Å²) in [6.45, 7) is 0. The molecule has 76 valence electrons. The molecule has 0 aliphatic rings. The zero-order chi connectivity index (χ0) is 11.1. The summed E-state index contributed by atoms with van der Waals surface area (Å²) >= 11 is 1.67. The third kappa shape index (κ3) is 1.11. The van der Waals surface area contributed by atoms with Crippen molar-refractivity contribution in [2.45, 2.75) is 0 Å². The maximum absolute atomic E-state index is 9.12. The van der Waals surface area contributed by atoms with Gasteiger partial charge < -0.3 is 5.73 Å². The molecule has 3 rings (SSSR count). The predicted molar refractivity (Wildman–Crippen MR) is 68.5 cm³/mol. The smallest absolute Gasteiger partial charge is 0.0998 e. The van der Waals surface area contributed by atoms with Crippen LogP contribution in [0.25, 0.3) is 20.2 Å². The summed E-state index contributed by atoms with van der Waals surface area (Å²) in [7, 11) is 0. The van der Waals surface area contributed by atoms with Crippen molar-refractivity contribution in [2.75, 3.05) is 5.73 Å². The number of rotatable bonds is 0. The van der Waals surface area contributed by atoms with Gasteiger partial charge in [-0.05, 0) is 24.3 Å². The molecule has 1 heterocycles. The molecule has 2 N–H and O–H groups in total. The molecule has 2 nitrogen and oxygen atoms in total. The van der Waals surface area contributed by atoms with E-state index in [0.717, 1.165) is 25.9 Å². The van der Waals surface area contributed by atoms with E-state index in [4.69, 9.17) is 11.0 Å². The normalized spacial score (nSPS) is 10.7. The topological polar surface area (TPSA) is 49.8 Å². The van der Waals surface area contributed by atoms with Gasteiger partial charge in [0.05, 0.1) is 11.6 Å². The van der Waals surface area contributed by atoms with Crippen molar-refractivity contribution in [3.63, 3.8) is 0 Å². The quantitative estimate of drug-likeness (QED) is 0.594. The van der Waals surface area contributed by atoms with Crippen molar-refractivity contribution in [2.24, 2.45) is 0 Å². The van der Waals surface area contributed by atoms with Gasteiger partial charge in [0.25, 0.3) is 0 Å². The molecule has 0 radical (unpaired) electrons. The number of hydrogen-bond acceptors (Lipinski definition) is 3. The number of nitrogen functional groups attached to an aromatic ring is 1. The van der Waals surface area contributed by atoms with E-state index in [1.807, 2.05) is 36.4 Å². The van der Waals surface area contributed by atoms with Crippen molar-refractivity contribution in [1.82, 2.24) is 0 Å². The molecule has 0 fully saturated rings. The first-order valence-corrected chi connectivity index (χ1v) is 5.73. The van der Waals surface area contributed by atoms with Crippen LogP contribution in [-0.4, -0.2) is 0 Å². The zero-order valence-corrected chi connectivity index (χ0v) is 9.21.